The van der Waals surface area contributed by atoms with E-state index in [0.717, 1.165) is 61.5 Å². The van der Waals surface area contributed by atoms with Crippen molar-refractivity contribution in [1.29, 1.82) is 0 Å². The van der Waals surface area contributed by atoms with Gasteiger partial charge < -0.3 is 29.7 Å². The third kappa shape index (κ3) is 5.54. The summed E-state index contributed by atoms with van der Waals surface area (Å²) in [5.41, 5.74) is 3.83. The van der Waals surface area contributed by atoms with Crippen LogP contribution in [0.15, 0.2) is 30.3 Å². The zero-order valence-corrected chi connectivity index (χ0v) is 20.7. The number of aryl methyl sites for hydroxylation is 2. The maximum absolute atomic E-state index is 13.4. The second-order valence-electron chi connectivity index (χ2n) is 10.0. The number of fused-ring (bicyclic) bond motifs is 1. The van der Waals surface area contributed by atoms with Crippen molar-refractivity contribution >= 4 is 11.6 Å². The summed E-state index contributed by atoms with van der Waals surface area (Å²) in [7, 11) is 0. The fraction of sp³-hybridized carbons (Fsp3) is 0.556. The Balaban J connectivity index is 1.28. The molecule has 1 amide bonds. The summed E-state index contributed by atoms with van der Waals surface area (Å²) in [4.78, 5) is 22.4. The summed E-state index contributed by atoms with van der Waals surface area (Å²) in [6, 6.07) is 9.31. The summed E-state index contributed by atoms with van der Waals surface area (Å²) in [6.45, 7) is 9.15. The Morgan fingerprint density at radius 1 is 1.09 bits per heavy atom. The van der Waals surface area contributed by atoms with E-state index in [-0.39, 0.29) is 11.8 Å². The summed E-state index contributed by atoms with van der Waals surface area (Å²) in [5.74, 6) is 1.24. The number of nitrogens with one attached hydrogen (secondary N) is 1. The molecule has 188 valence electrons. The number of aliphatic hydroxyl groups excluding tert-OH is 1. The lowest BCUT2D eigenvalue weighted by Gasteiger charge is -2.30. The van der Waals surface area contributed by atoms with Gasteiger partial charge in [0.05, 0.1) is 12.0 Å². The molecule has 35 heavy (non-hydrogen) atoms. The number of nitrogens with zero attached hydrogens (tertiary/aromatic N) is 3. The van der Waals surface area contributed by atoms with E-state index >= 15 is 0 Å². The Kier molecular flexibility index (Phi) is 7.11. The molecule has 5 rings (SSSR count). The topological polar surface area (TPSA) is 87.2 Å². The summed E-state index contributed by atoms with van der Waals surface area (Å²) >= 11 is 0. The number of aromatic nitrogens is 1. The molecule has 0 unspecified atom stereocenters. The first-order valence-electron chi connectivity index (χ1n) is 12.8. The number of amides is 1. The van der Waals surface area contributed by atoms with Gasteiger partial charge in [-0.05, 0) is 76.0 Å². The van der Waals surface area contributed by atoms with Gasteiger partial charge in [-0.15, -0.1) is 0 Å². The van der Waals surface area contributed by atoms with E-state index in [1.54, 1.807) is 0 Å². The number of carbonyl (C=O) groups excluding carboxylic acids is 1. The Morgan fingerprint density at radius 3 is 2.54 bits per heavy atom. The number of pyridine rings is 1. The highest BCUT2D eigenvalue weighted by Gasteiger charge is 2.33. The van der Waals surface area contributed by atoms with E-state index in [2.05, 4.69) is 32.2 Å². The molecule has 3 aliphatic rings. The molecular formula is C27H36N4O4. The molecule has 1 aromatic heterocycles. The van der Waals surface area contributed by atoms with Crippen molar-refractivity contribution in [1.82, 2.24) is 15.2 Å². The van der Waals surface area contributed by atoms with E-state index < -0.39 is 12.1 Å². The standard InChI is InChI=1S/C27H36N4O4/c1-18-13-22(14-19(2)28-18)31-10-7-21(16-31)27(33)29-23(17-30-8-3-4-9-30)26(32)20-5-6-24-25(15-20)35-12-11-34-24/h5-6,13-15,21,23,26,32H,3-4,7-12,16-17H2,1-2H3,(H,29,33)/t21-,23+,26+/m0/s1. The summed E-state index contributed by atoms with van der Waals surface area (Å²) < 4.78 is 11.3. The lowest BCUT2D eigenvalue weighted by Crippen LogP contribution is -2.48. The highest BCUT2D eigenvalue weighted by Crippen LogP contribution is 2.34. The van der Waals surface area contributed by atoms with Crippen molar-refractivity contribution in [3.63, 3.8) is 0 Å². The second-order valence-corrected chi connectivity index (χ2v) is 10.0. The van der Waals surface area contributed by atoms with Gasteiger partial charge >= 0.3 is 0 Å². The van der Waals surface area contributed by atoms with E-state index in [4.69, 9.17) is 9.47 Å². The van der Waals surface area contributed by atoms with Crippen molar-refractivity contribution in [3.05, 3.63) is 47.3 Å². The molecular weight excluding hydrogens is 444 g/mol. The van der Waals surface area contributed by atoms with Gasteiger partial charge in [0.15, 0.2) is 11.5 Å². The molecule has 4 heterocycles. The van der Waals surface area contributed by atoms with Gasteiger partial charge in [-0.2, -0.15) is 0 Å². The van der Waals surface area contributed by atoms with Gasteiger partial charge in [0, 0.05) is 36.7 Å². The number of benzene rings is 1. The number of likely N-dealkylation sites (tertiary alicyclic amines) is 1. The number of rotatable bonds is 7. The van der Waals surface area contributed by atoms with Gasteiger partial charge in [0.2, 0.25) is 5.91 Å². The van der Waals surface area contributed by atoms with Crippen LogP contribution in [0.2, 0.25) is 0 Å². The second kappa shape index (κ2) is 10.4. The molecule has 0 spiro atoms. The average Bonchev–Trinajstić information content (AvgIpc) is 3.55. The SMILES string of the molecule is Cc1cc(N2CC[C@H](C(=O)N[C@H](CN3CCCC3)[C@H](O)c3ccc4c(c3)OCCO4)C2)cc(C)n1. The van der Waals surface area contributed by atoms with Crippen LogP contribution in [0.5, 0.6) is 11.5 Å². The largest absolute Gasteiger partial charge is 0.486 e. The minimum atomic E-state index is -0.835. The van der Waals surface area contributed by atoms with Crippen LogP contribution in [-0.2, 0) is 4.79 Å². The first-order chi connectivity index (χ1) is 17.0. The van der Waals surface area contributed by atoms with Crippen LogP contribution in [0, 0.1) is 19.8 Å². The number of hydrogen-bond acceptors (Lipinski definition) is 7. The third-order valence-electron chi connectivity index (χ3n) is 7.26. The minimum absolute atomic E-state index is 0.00999. The van der Waals surface area contributed by atoms with Crippen LogP contribution in [-0.4, -0.2) is 72.9 Å². The Labute approximate surface area is 207 Å². The number of carbonyl (C=O) groups is 1. The molecule has 0 bridgehead atoms. The van der Waals surface area contributed by atoms with E-state index in [9.17, 15) is 9.90 Å². The van der Waals surface area contributed by atoms with Crippen LogP contribution in [0.1, 0.15) is 42.3 Å². The molecule has 1 aromatic carbocycles. The maximum Gasteiger partial charge on any atom is 0.225 e. The smallest absolute Gasteiger partial charge is 0.225 e. The molecule has 2 fully saturated rings. The fourth-order valence-corrected chi connectivity index (χ4v) is 5.45. The Hall–Kier alpha value is -2.84. The number of anilines is 1. The molecule has 0 aliphatic carbocycles. The lowest BCUT2D eigenvalue weighted by molar-refractivity contribution is -0.126. The van der Waals surface area contributed by atoms with Gasteiger partial charge in [0.1, 0.15) is 19.3 Å². The lowest BCUT2D eigenvalue weighted by atomic mass is 9.99. The monoisotopic (exact) mass is 480 g/mol. The molecule has 3 aliphatic heterocycles. The molecule has 3 atom stereocenters. The molecule has 8 nitrogen and oxygen atoms in total. The molecule has 2 aromatic rings. The van der Waals surface area contributed by atoms with Crippen LogP contribution in [0.25, 0.3) is 0 Å². The van der Waals surface area contributed by atoms with Crippen molar-refractivity contribution < 1.29 is 19.4 Å². The molecule has 8 heteroatoms. The zero-order valence-electron chi connectivity index (χ0n) is 20.7. The van der Waals surface area contributed by atoms with Crippen LogP contribution in [0.4, 0.5) is 5.69 Å². The highest BCUT2D eigenvalue weighted by molar-refractivity contribution is 5.80. The van der Waals surface area contributed by atoms with Crippen molar-refractivity contribution in [2.24, 2.45) is 5.92 Å². The summed E-state index contributed by atoms with van der Waals surface area (Å²) in [6.07, 6.45) is 2.27. The van der Waals surface area contributed by atoms with Crippen molar-refractivity contribution in [2.75, 3.05) is 50.8 Å². The minimum Gasteiger partial charge on any atom is -0.486 e. The quantitative estimate of drug-likeness (QED) is 0.630. The predicted molar refractivity (Wildman–Crippen MR) is 134 cm³/mol. The van der Waals surface area contributed by atoms with Gasteiger partial charge in [-0.25, -0.2) is 0 Å². The normalized spacial score (nSPS) is 21.7. The fourth-order valence-electron chi connectivity index (χ4n) is 5.45. The van der Waals surface area contributed by atoms with Gasteiger partial charge in [0.25, 0.3) is 0 Å². The number of hydrogen-bond donors (Lipinski definition) is 2. The highest BCUT2D eigenvalue weighted by atomic mass is 16.6. The molecule has 0 saturated carbocycles. The molecule has 0 radical (unpaired) electrons. The Morgan fingerprint density at radius 2 is 1.80 bits per heavy atom. The first-order valence-corrected chi connectivity index (χ1v) is 12.8. The van der Waals surface area contributed by atoms with Crippen LogP contribution < -0.4 is 19.7 Å². The van der Waals surface area contributed by atoms with Crippen molar-refractivity contribution in [2.45, 2.75) is 45.3 Å². The van der Waals surface area contributed by atoms with E-state index in [1.807, 2.05) is 32.0 Å². The first kappa shape index (κ1) is 23.9. The number of aliphatic hydroxyl groups is 1. The van der Waals surface area contributed by atoms with Gasteiger partial charge in [-0.3, -0.25) is 9.78 Å². The van der Waals surface area contributed by atoms with Crippen LogP contribution in [0.3, 0.4) is 0 Å². The average molecular weight is 481 g/mol. The van der Waals surface area contributed by atoms with Crippen molar-refractivity contribution in [3.8, 4) is 11.5 Å². The third-order valence-corrected chi connectivity index (χ3v) is 7.26. The van der Waals surface area contributed by atoms with E-state index in [1.165, 1.54) is 0 Å². The summed E-state index contributed by atoms with van der Waals surface area (Å²) in [5, 5.41) is 14.6. The zero-order chi connectivity index (χ0) is 24.4. The van der Waals surface area contributed by atoms with Crippen LogP contribution >= 0.6 is 0 Å². The molecule has 2 saturated heterocycles. The molecule has 2 N–H and O–H groups in total. The van der Waals surface area contributed by atoms with E-state index in [0.29, 0.717) is 37.8 Å². The Bertz CT molecular complexity index is 1040. The number of ether oxygens (including phenoxy) is 2. The predicted octanol–water partition coefficient (Wildman–Crippen LogP) is 2.61. The maximum atomic E-state index is 13.4. The van der Waals surface area contributed by atoms with Gasteiger partial charge in [-0.1, -0.05) is 6.07 Å².